The van der Waals surface area contributed by atoms with Gasteiger partial charge >= 0.3 is 0 Å². The molecule has 5 heteroatoms. The van der Waals surface area contributed by atoms with Crippen molar-refractivity contribution < 1.29 is 9.53 Å². The van der Waals surface area contributed by atoms with Gasteiger partial charge < -0.3 is 20.3 Å². The van der Waals surface area contributed by atoms with E-state index in [1.165, 1.54) is 12.8 Å². The van der Waals surface area contributed by atoms with Crippen molar-refractivity contribution in [3.8, 4) is 0 Å². The summed E-state index contributed by atoms with van der Waals surface area (Å²) < 4.78 is 5.62. The van der Waals surface area contributed by atoms with Crippen LogP contribution in [0.1, 0.15) is 46.0 Å². The number of nitrogens with one attached hydrogen (secondary N) is 2. The lowest BCUT2D eigenvalue weighted by Gasteiger charge is -2.32. The van der Waals surface area contributed by atoms with Crippen LogP contribution in [0.2, 0.25) is 0 Å². The number of nitrogens with zero attached hydrogens (tertiary/aromatic N) is 1. The van der Waals surface area contributed by atoms with Gasteiger partial charge in [0.05, 0.1) is 12.7 Å². The predicted molar refractivity (Wildman–Crippen MR) is 91.3 cm³/mol. The Hall–Kier alpha value is -0.650. The van der Waals surface area contributed by atoms with E-state index in [0.717, 1.165) is 58.6 Å². The molecule has 0 aromatic carbocycles. The number of hydrogen-bond acceptors (Lipinski definition) is 4. The van der Waals surface area contributed by atoms with Gasteiger partial charge in [-0.2, -0.15) is 0 Å². The van der Waals surface area contributed by atoms with Crippen molar-refractivity contribution in [2.45, 2.75) is 58.1 Å². The summed E-state index contributed by atoms with van der Waals surface area (Å²) >= 11 is 0. The Morgan fingerprint density at radius 1 is 1.30 bits per heavy atom. The van der Waals surface area contributed by atoms with Crippen molar-refractivity contribution in [1.29, 1.82) is 0 Å². The van der Waals surface area contributed by atoms with E-state index >= 15 is 0 Å². The summed E-state index contributed by atoms with van der Waals surface area (Å²) in [4.78, 5) is 15.0. The lowest BCUT2D eigenvalue weighted by atomic mass is 9.91. The molecule has 1 unspecified atom stereocenters. The van der Waals surface area contributed by atoms with Crippen molar-refractivity contribution in [2.24, 2.45) is 11.3 Å². The number of likely N-dealkylation sites (tertiary alicyclic amines) is 1. The first kappa shape index (κ1) is 17.2. The third-order valence-corrected chi connectivity index (χ3v) is 5.90. The van der Waals surface area contributed by atoms with Crippen LogP contribution in [0.15, 0.2) is 0 Å². The summed E-state index contributed by atoms with van der Waals surface area (Å²) in [7, 11) is 0. The minimum atomic E-state index is 0.294. The molecule has 1 saturated carbocycles. The van der Waals surface area contributed by atoms with E-state index < -0.39 is 0 Å². The molecule has 3 aliphatic rings. The van der Waals surface area contributed by atoms with E-state index in [-0.39, 0.29) is 0 Å². The maximum Gasteiger partial charge on any atom is 0.223 e. The average Bonchev–Trinajstić information content (AvgIpc) is 3.23. The minimum absolute atomic E-state index is 0.294. The molecule has 2 heterocycles. The van der Waals surface area contributed by atoms with Crippen LogP contribution in [0.5, 0.6) is 0 Å². The van der Waals surface area contributed by atoms with Crippen molar-refractivity contribution in [3.05, 3.63) is 0 Å². The molecule has 23 heavy (non-hydrogen) atoms. The third-order valence-electron chi connectivity index (χ3n) is 5.90. The van der Waals surface area contributed by atoms with Crippen molar-refractivity contribution >= 4 is 5.91 Å². The molecule has 1 aliphatic carbocycles. The van der Waals surface area contributed by atoms with E-state index in [9.17, 15) is 4.79 Å². The fraction of sp³-hybridized carbons (Fsp3) is 0.944. The highest BCUT2D eigenvalue weighted by atomic mass is 16.5. The summed E-state index contributed by atoms with van der Waals surface area (Å²) in [5.74, 6) is 0.621. The molecule has 1 atom stereocenters. The van der Waals surface area contributed by atoms with Gasteiger partial charge in [-0.1, -0.05) is 0 Å². The summed E-state index contributed by atoms with van der Waals surface area (Å²) in [6, 6.07) is 0.379. The van der Waals surface area contributed by atoms with Gasteiger partial charge in [0.15, 0.2) is 0 Å². The average molecular weight is 323 g/mol. The fourth-order valence-electron chi connectivity index (χ4n) is 4.22. The standard InChI is InChI=1S/C18H33N3O2/c1-14(2)23-12-11-21-9-3-15(4-10-21)20-17(22)16-13-18(16)5-7-19-8-6-18/h14-16,19H,3-13H2,1-2H3,(H,20,22). The molecule has 2 saturated heterocycles. The smallest absolute Gasteiger partial charge is 0.223 e. The maximum atomic E-state index is 12.5. The van der Waals surface area contributed by atoms with Crippen LogP contribution < -0.4 is 10.6 Å². The summed E-state index contributed by atoms with van der Waals surface area (Å²) in [5.41, 5.74) is 0.351. The minimum Gasteiger partial charge on any atom is -0.377 e. The zero-order chi connectivity index (χ0) is 16.3. The van der Waals surface area contributed by atoms with Crippen LogP contribution in [0.25, 0.3) is 0 Å². The molecule has 1 spiro atoms. The number of carbonyl (C=O) groups excluding carboxylic acids is 1. The lowest BCUT2D eigenvalue weighted by molar-refractivity contribution is -0.124. The van der Waals surface area contributed by atoms with Crippen molar-refractivity contribution in [3.63, 3.8) is 0 Å². The molecule has 0 aromatic heterocycles. The molecule has 0 bridgehead atoms. The first-order valence-corrected chi connectivity index (χ1v) is 9.44. The van der Waals surface area contributed by atoms with Crippen LogP contribution in [0, 0.1) is 11.3 Å². The second kappa shape index (κ2) is 7.49. The lowest BCUT2D eigenvalue weighted by Crippen LogP contribution is -2.46. The molecule has 1 amide bonds. The molecule has 5 nitrogen and oxygen atoms in total. The molecule has 0 radical (unpaired) electrons. The highest BCUT2D eigenvalue weighted by Crippen LogP contribution is 2.58. The molecule has 2 aliphatic heterocycles. The van der Waals surface area contributed by atoms with Gasteiger partial charge in [0.1, 0.15) is 0 Å². The Kier molecular flexibility index (Phi) is 5.60. The zero-order valence-corrected chi connectivity index (χ0v) is 14.8. The number of amides is 1. The SMILES string of the molecule is CC(C)OCCN1CCC(NC(=O)C2CC23CCNCC3)CC1. The largest absolute Gasteiger partial charge is 0.377 e. The number of piperidine rings is 2. The normalized spacial score (nSPS) is 28.2. The van der Waals surface area contributed by atoms with Gasteiger partial charge in [-0.05, 0) is 64.5 Å². The van der Waals surface area contributed by atoms with Crippen molar-refractivity contribution in [1.82, 2.24) is 15.5 Å². The van der Waals surface area contributed by atoms with Gasteiger partial charge in [0.2, 0.25) is 5.91 Å². The van der Waals surface area contributed by atoms with Gasteiger partial charge in [-0.3, -0.25) is 4.79 Å². The van der Waals surface area contributed by atoms with Crippen LogP contribution in [0.4, 0.5) is 0 Å². The van der Waals surface area contributed by atoms with Gasteiger partial charge in [0.25, 0.3) is 0 Å². The van der Waals surface area contributed by atoms with Gasteiger partial charge in [-0.15, -0.1) is 0 Å². The Labute approximate surface area is 140 Å². The number of ether oxygens (including phenoxy) is 1. The summed E-state index contributed by atoms with van der Waals surface area (Å²) in [6.07, 6.45) is 5.95. The fourth-order valence-corrected chi connectivity index (χ4v) is 4.22. The van der Waals surface area contributed by atoms with E-state index in [2.05, 4.69) is 29.4 Å². The molecule has 2 N–H and O–H groups in total. The Balaban J connectivity index is 1.34. The number of hydrogen-bond donors (Lipinski definition) is 2. The topological polar surface area (TPSA) is 53.6 Å². The highest BCUT2D eigenvalue weighted by molar-refractivity contribution is 5.82. The quantitative estimate of drug-likeness (QED) is 0.775. The highest BCUT2D eigenvalue weighted by Gasteiger charge is 2.57. The predicted octanol–water partition coefficient (Wildman–Crippen LogP) is 1.38. The van der Waals surface area contributed by atoms with E-state index in [1.54, 1.807) is 0 Å². The Morgan fingerprint density at radius 2 is 2.00 bits per heavy atom. The molecular formula is C18H33N3O2. The number of rotatable bonds is 6. The zero-order valence-electron chi connectivity index (χ0n) is 14.8. The van der Waals surface area contributed by atoms with Gasteiger partial charge in [0, 0.05) is 31.6 Å². The Bertz CT molecular complexity index is 399. The Morgan fingerprint density at radius 3 is 2.65 bits per heavy atom. The summed E-state index contributed by atoms with van der Waals surface area (Å²) in [5, 5.41) is 6.73. The van der Waals surface area contributed by atoms with E-state index in [1.807, 2.05) is 0 Å². The molecule has 0 aromatic rings. The van der Waals surface area contributed by atoms with Crippen LogP contribution in [-0.4, -0.2) is 62.3 Å². The van der Waals surface area contributed by atoms with E-state index in [0.29, 0.717) is 29.4 Å². The molecule has 132 valence electrons. The monoisotopic (exact) mass is 323 g/mol. The third kappa shape index (κ3) is 4.46. The number of carbonyl (C=O) groups is 1. The molecule has 3 rings (SSSR count). The summed E-state index contributed by atoms with van der Waals surface area (Å²) in [6.45, 7) is 10.3. The van der Waals surface area contributed by atoms with Crippen LogP contribution in [0.3, 0.4) is 0 Å². The first-order chi connectivity index (χ1) is 11.1. The first-order valence-electron chi connectivity index (χ1n) is 9.44. The second-order valence-electron chi connectivity index (χ2n) is 7.91. The van der Waals surface area contributed by atoms with Gasteiger partial charge in [-0.25, -0.2) is 0 Å². The second-order valence-corrected chi connectivity index (χ2v) is 7.91. The molecule has 3 fully saturated rings. The maximum absolute atomic E-state index is 12.5. The van der Waals surface area contributed by atoms with E-state index in [4.69, 9.17) is 4.74 Å². The molecular weight excluding hydrogens is 290 g/mol. The van der Waals surface area contributed by atoms with Crippen LogP contribution in [-0.2, 0) is 9.53 Å². The van der Waals surface area contributed by atoms with Crippen LogP contribution >= 0.6 is 0 Å². The van der Waals surface area contributed by atoms with Crippen molar-refractivity contribution in [2.75, 3.05) is 39.3 Å².